The number of nitrogens with one attached hydrogen (secondary N) is 1. The Morgan fingerprint density at radius 2 is 1.73 bits per heavy atom. The van der Waals surface area contributed by atoms with Crippen molar-refractivity contribution in [3.8, 4) is 0 Å². The molecule has 0 bridgehead atoms. The van der Waals surface area contributed by atoms with Crippen LogP contribution in [-0.4, -0.2) is 17.0 Å². The molecule has 6 heteroatoms. The summed E-state index contributed by atoms with van der Waals surface area (Å²) < 4.78 is 0. The molecule has 0 unspecified atom stereocenters. The number of amides is 1. The normalized spacial score (nSPS) is 9.67. The number of nitrogen functional groups attached to an aromatic ring is 2. The molecule has 0 aliphatic heterocycles. The minimum absolute atomic E-state index is 0.0147. The molecule has 0 aromatic heterocycles. The van der Waals surface area contributed by atoms with Crippen molar-refractivity contribution in [3.05, 3.63) is 17.7 Å². The molecule has 0 saturated carbocycles. The Hall–Kier alpha value is -2.24. The maximum atomic E-state index is 10.8. The third-order valence-corrected chi connectivity index (χ3v) is 1.75. The summed E-state index contributed by atoms with van der Waals surface area (Å²) in [4.78, 5) is 21.4. The number of carbonyl (C=O) groups is 2. The first-order chi connectivity index (χ1) is 6.91. The molecule has 0 saturated heterocycles. The van der Waals surface area contributed by atoms with E-state index >= 15 is 0 Å². The van der Waals surface area contributed by atoms with Gasteiger partial charge in [0.1, 0.15) is 0 Å². The zero-order valence-corrected chi connectivity index (χ0v) is 8.07. The standard InChI is InChI=1S/C9H11N3O3/c1-4(13)12-8-6(10)2-5(9(14)15)3-7(8)11/h2-3H,10-11H2,1H3,(H,12,13)(H,14,15). The van der Waals surface area contributed by atoms with Crippen molar-refractivity contribution in [2.45, 2.75) is 6.92 Å². The van der Waals surface area contributed by atoms with E-state index < -0.39 is 5.97 Å². The number of aromatic carboxylic acids is 1. The monoisotopic (exact) mass is 209 g/mol. The highest BCUT2D eigenvalue weighted by atomic mass is 16.4. The van der Waals surface area contributed by atoms with Crippen molar-refractivity contribution in [2.75, 3.05) is 16.8 Å². The molecule has 80 valence electrons. The lowest BCUT2D eigenvalue weighted by Crippen LogP contribution is -2.11. The second-order valence-electron chi connectivity index (χ2n) is 3.02. The lowest BCUT2D eigenvalue weighted by atomic mass is 10.1. The number of hydrogen-bond donors (Lipinski definition) is 4. The lowest BCUT2D eigenvalue weighted by Gasteiger charge is -2.10. The fraction of sp³-hybridized carbons (Fsp3) is 0.111. The van der Waals surface area contributed by atoms with Crippen LogP contribution in [0.25, 0.3) is 0 Å². The molecule has 1 aromatic rings. The van der Waals surface area contributed by atoms with Crippen LogP contribution in [-0.2, 0) is 4.79 Å². The molecule has 1 aromatic carbocycles. The fourth-order valence-electron chi connectivity index (χ4n) is 1.13. The van der Waals surface area contributed by atoms with Gasteiger partial charge < -0.3 is 21.9 Å². The zero-order chi connectivity index (χ0) is 11.6. The summed E-state index contributed by atoms with van der Waals surface area (Å²) >= 11 is 0. The van der Waals surface area contributed by atoms with E-state index in [0.29, 0.717) is 0 Å². The van der Waals surface area contributed by atoms with Crippen molar-refractivity contribution in [3.63, 3.8) is 0 Å². The quantitative estimate of drug-likeness (QED) is 0.529. The smallest absolute Gasteiger partial charge is 0.335 e. The number of carboxylic acids is 1. The van der Waals surface area contributed by atoms with E-state index in [4.69, 9.17) is 16.6 Å². The van der Waals surface area contributed by atoms with E-state index in [1.807, 2.05) is 0 Å². The number of carboxylic acid groups (broad SMARTS) is 1. The van der Waals surface area contributed by atoms with Crippen LogP contribution in [0.3, 0.4) is 0 Å². The number of hydrogen-bond acceptors (Lipinski definition) is 4. The largest absolute Gasteiger partial charge is 0.478 e. The molecule has 0 aliphatic rings. The summed E-state index contributed by atoms with van der Waals surface area (Å²) in [7, 11) is 0. The van der Waals surface area contributed by atoms with Gasteiger partial charge in [0.2, 0.25) is 5.91 Å². The van der Waals surface area contributed by atoms with Gasteiger partial charge in [-0.2, -0.15) is 0 Å². The van der Waals surface area contributed by atoms with Crippen molar-refractivity contribution < 1.29 is 14.7 Å². The molecule has 0 atom stereocenters. The topological polar surface area (TPSA) is 118 Å². The molecule has 6 N–H and O–H groups in total. The van der Waals surface area contributed by atoms with Gasteiger partial charge in [-0.05, 0) is 12.1 Å². The first-order valence-corrected chi connectivity index (χ1v) is 4.11. The highest BCUT2D eigenvalue weighted by molar-refractivity contribution is 6.00. The molecule has 1 amide bonds. The van der Waals surface area contributed by atoms with Crippen LogP contribution in [0.5, 0.6) is 0 Å². The number of nitrogens with two attached hydrogens (primary N) is 2. The minimum atomic E-state index is -1.12. The number of benzene rings is 1. The van der Waals surface area contributed by atoms with Crippen molar-refractivity contribution in [2.24, 2.45) is 0 Å². The average molecular weight is 209 g/mol. The highest BCUT2D eigenvalue weighted by Crippen LogP contribution is 2.27. The molecular weight excluding hydrogens is 198 g/mol. The minimum Gasteiger partial charge on any atom is -0.478 e. The molecule has 0 fully saturated rings. The Kier molecular flexibility index (Phi) is 2.80. The van der Waals surface area contributed by atoms with Crippen LogP contribution in [0.15, 0.2) is 12.1 Å². The average Bonchev–Trinajstić information content (AvgIpc) is 2.10. The number of rotatable bonds is 2. The van der Waals surface area contributed by atoms with Crippen molar-refractivity contribution >= 4 is 28.9 Å². The van der Waals surface area contributed by atoms with Gasteiger partial charge in [0, 0.05) is 6.92 Å². The molecule has 15 heavy (non-hydrogen) atoms. The van der Waals surface area contributed by atoms with Gasteiger partial charge in [0.05, 0.1) is 22.6 Å². The summed E-state index contributed by atoms with van der Waals surface area (Å²) in [5.41, 5.74) is 11.6. The third kappa shape index (κ3) is 2.37. The van der Waals surface area contributed by atoms with Crippen LogP contribution in [0.1, 0.15) is 17.3 Å². The third-order valence-electron chi connectivity index (χ3n) is 1.75. The van der Waals surface area contributed by atoms with Crippen molar-refractivity contribution in [1.82, 2.24) is 0 Å². The van der Waals surface area contributed by atoms with Gasteiger partial charge in [-0.15, -0.1) is 0 Å². The van der Waals surface area contributed by atoms with E-state index in [2.05, 4.69) is 5.32 Å². The Labute approximate surface area is 85.9 Å². The maximum Gasteiger partial charge on any atom is 0.335 e. The summed E-state index contributed by atoms with van der Waals surface area (Å²) in [6.45, 7) is 1.31. The fourth-order valence-corrected chi connectivity index (χ4v) is 1.13. The van der Waals surface area contributed by atoms with Gasteiger partial charge in [-0.25, -0.2) is 4.79 Å². The highest BCUT2D eigenvalue weighted by Gasteiger charge is 2.11. The summed E-state index contributed by atoms with van der Waals surface area (Å²) in [5, 5.41) is 11.1. The van der Waals surface area contributed by atoms with Gasteiger partial charge in [-0.1, -0.05) is 0 Å². The Balaban J connectivity index is 3.21. The van der Waals surface area contributed by atoms with Crippen LogP contribution in [0.2, 0.25) is 0 Å². The van der Waals surface area contributed by atoms with Gasteiger partial charge in [0.15, 0.2) is 0 Å². The van der Waals surface area contributed by atoms with E-state index in [1.165, 1.54) is 19.1 Å². The summed E-state index contributed by atoms with van der Waals surface area (Å²) in [6.07, 6.45) is 0. The maximum absolute atomic E-state index is 10.8. The zero-order valence-electron chi connectivity index (χ0n) is 8.07. The van der Waals surface area contributed by atoms with Crippen molar-refractivity contribution in [1.29, 1.82) is 0 Å². The molecule has 1 rings (SSSR count). The van der Waals surface area contributed by atoms with E-state index in [0.717, 1.165) is 0 Å². The Bertz CT molecular complexity index is 406. The predicted octanol–water partition coefficient (Wildman–Crippen LogP) is 0.508. The Morgan fingerprint density at radius 3 is 2.07 bits per heavy atom. The molecule has 0 spiro atoms. The number of anilines is 3. The van der Waals surface area contributed by atoms with Crippen LogP contribution >= 0.6 is 0 Å². The molecule has 6 nitrogen and oxygen atoms in total. The van der Waals surface area contributed by atoms with Gasteiger partial charge in [0.25, 0.3) is 0 Å². The van der Waals surface area contributed by atoms with Gasteiger partial charge >= 0.3 is 5.97 Å². The summed E-state index contributed by atoms with van der Waals surface area (Å²) in [6, 6.07) is 2.48. The molecule has 0 aliphatic carbocycles. The predicted molar refractivity (Wildman–Crippen MR) is 56.5 cm³/mol. The molecule has 0 radical (unpaired) electrons. The van der Waals surface area contributed by atoms with Crippen LogP contribution < -0.4 is 16.8 Å². The van der Waals surface area contributed by atoms with E-state index in [-0.39, 0.29) is 28.5 Å². The van der Waals surface area contributed by atoms with Crippen LogP contribution in [0.4, 0.5) is 17.1 Å². The second-order valence-corrected chi connectivity index (χ2v) is 3.02. The van der Waals surface area contributed by atoms with E-state index in [1.54, 1.807) is 0 Å². The number of carbonyl (C=O) groups excluding carboxylic acids is 1. The second kappa shape index (κ2) is 3.87. The van der Waals surface area contributed by atoms with Gasteiger partial charge in [-0.3, -0.25) is 4.79 Å². The SMILES string of the molecule is CC(=O)Nc1c(N)cc(C(=O)O)cc1N. The molecule has 0 heterocycles. The molecular formula is C9H11N3O3. The Morgan fingerprint density at radius 1 is 1.27 bits per heavy atom. The van der Waals surface area contributed by atoms with E-state index in [9.17, 15) is 9.59 Å². The lowest BCUT2D eigenvalue weighted by molar-refractivity contribution is -0.114. The first kappa shape index (κ1) is 10.8. The van der Waals surface area contributed by atoms with Crippen LogP contribution in [0, 0.1) is 0 Å². The summed E-state index contributed by atoms with van der Waals surface area (Å²) in [5.74, 6) is -1.45. The first-order valence-electron chi connectivity index (χ1n) is 4.11.